The van der Waals surface area contributed by atoms with E-state index in [1.165, 1.54) is 6.92 Å². The summed E-state index contributed by atoms with van der Waals surface area (Å²) in [5.74, 6) is -0.0220. The van der Waals surface area contributed by atoms with E-state index in [9.17, 15) is 9.59 Å². The Morgan fingerprint density at radius 3 is 1.81 bits per heavy atom. The number of rotatable bonds is 5. The van der Waals surface area contributed by atoms with Gasteiger partial charge in [0.25, 0.3) is 0 Å². The van der Waals surface area contributed by atoms with Crippen molar-refractivity contribution in [1.82, 2.24) is 10.6 Å². The molecule has 0 aliphatic carbocycles. The maximum absolute atomic E-state index is 11.3. The van der Waals surface area contributed by atoms with Gasteiger partial charge in [-0.3, -0.25) is 9.59 Å². The highest BCUT2D eigenvalue weighted by Crippen LogP contribution is 2.19. The summed E-state index contributed by atoms with van der Waals surface area (Å²) in [6, 6.07) is 0. The minimum Gasteiger partial charge on any atom is -0.351 e. The van der Waals surface area contributed by atoms with Gasteiger partial charge in [-0.25, -0.2) is 0 Å². The lowest BCUT2D eigenvalue weighted by Crippen LogP contribution is -2.53. The van der Waals surface area contributed by atoms with Gasteiger partial charge < -0.3 is 10.6 Å². The van der Waals surface area contributed by atoms with Crippen molar-refractivity contribution in [3.8, 4) is 0 Å². The number of carbonyl (C=O) groups excluding carboxylic acids is 2. The lowest BCUT2D eigenvalue weighted by Gasteiger charge is -2.36. The molecule has 2 amide bonds. The van der Waals surface area contributed by atoms with Gasteiger partial charge in [0.15, 0.2) is 0 Å². The molecule has 16 heavy (non-hydrogen) atoms. The minimum atomic E-state index is -0.323. The van der Waals surface area contributed by atoms with Gasteiger partial charge in [-0.1, -0.05) is 6.92 Å². The van der Waals surface area contributed by atoms with Crippen LogP contribution in [0.3, 0.4) is 0 Å². The molecule has 0 spiro atoms. The van der Waals surface area contributed by atoms with E-state index in [0.29, 0.717) is 12.8 Å². The third-order valence-corrected chi connectivity index (χ3v) is 2.20. The van der Waals surface area contributed by atoms with Gasteiger partial charge in [0, 0.05) is 24.4 Å². The van der Waals surface area contributed by atoms with Crippen molar-refractivity contribution in [3.63, 3.8) is 0 Å². The molecule has 4 nitrogen and oxygen atoms in total. The Labute approximate surface area is 98.2 Å². The Kier molecular flexibility index (Phi) is 4.97. The number of carbonyl (C=O) groups is 2. The van der Waals surface area contributed by atoms with Crippen LogP contribution in [0.5, 0.6) is 0 Å². The fraction of sp³-hybridized carbons (Fsp3) is 0.833. The molecule has 0 rings (SSSR count). The SMILES string of the molecule is CCC(=O)NC(C)(C)CC(C)(C)NC(C)=O. The number of nitrogens with one attached hydrogen (secondary N) is 2. The van der Waals surface area contributed by atoms with Crippen LogP contribution >= 0.6 is 0 Å². The van der Waals surface area contributed by atoms with Crippen LogP contribution in [-0.2, 0) is 9.59 Å². The summed E-state index contributed by atoms with van der Waals surface area (Å²) in [7, 11) is 0. The fourth-order valence-electron chi connectivity index (χ4n) is 2.14. The van der Waals surface area contributed by atoms with E-state index < -0.39 is 0 Å². The third-order valence-electron chi connectivity index (χ3n) is 2.20. The molecule has 4 heteroatoms. The zero-order valence-corrected chi connectivity index (χ0v) is 11.2. The molecule has 0 aromatic rings. The summed E-state index contributed by atoms with van der Waals surface area (Å²) in [5.41, 5.74) is -0.643. The highest BCUT2D eigenvalue weighted by atomic mass is 16.2. The van der Waals surface area contributed by atoms with E-state index >= 15 is 0 Å². The van der Waals surface area contributed by atoms with Crippen LogP contribution in [0.2, 0.25) is 0 Å². The first-order valence-corrected chi connectivity index (χ1v) is 5.68. The number of hydrogen-bond acceptors (Lipinski definition) is 2. The van der Waals surface area contributed by atoms with Crippen molar-refractivity contribution in [2.24, 2.45) is 0 Å². The largest absolute Gasteiger partial charge is 0.351 e. The quantitative estimate of drug-likeness (QED) is 0.751. The first kappa shape index (κ1) is 14.9. The molecule has 0 aromatic heterocycles. The Balaban J connectivity index is 4.44. The molecular weight excluding hydrogens is 204 g/mol. The maximum atomic E-state index is 11.3. The molecular formula is C12H24N2O2. The summed E-state index contributed by atoms with van der Waals surface area (Å²) >= 11 is 0. The molecule has 0 radical (unpaired) electrons. The molecule has 0 aliphatic heterocycles. The summed E-state index contributed by atoms with van der Waals surface area (Å²) in [6.07, 6.45) is 1.16. The van der Waals surface area contributed by atoms with E-state index in [1.54, 1.807) is 0 Å². The Bertz CT molecular complexity index is 270. The van der Waals surface area contributed by atoms with Crippen LogP contribution < -0.4 is 10.6 Å². The smallest absolute Gasteiger partial charge is 0.220 e. The molecule has 0 saturated heterocycles. The van der Waals surface area contributed by atoms with E-state index in [1.807, 2.05) is 34.6 Å². The first-order chi connectivity index (χ1) is 7.08. The minimum absolute atomic E-state index is 0.0311. The molecule has 0 bridgehead atoms. The normalized spacial score (nSPS) is 12.1. The van der Waals surface area contributed by atoms with Gasteiger partial charge in [-0.15, -0.1) is 0 Å². The van der Waals surface area contributed by atoms with Gasteiger partial charge in [0.2, 0.25) is 11.8 Å². The van der Waals surface area contributed by atoms with Gasteiger partial charge in [0.1, 0.15) is 0 Å². The number of hydrogen-bond donors (Lipinski definition) is 2. The third kappa shape index (κ3) is 6.43. The van der Waals surface area contributed by atoms with Gasteiger partial charge in [-0.2, -0.15) is 0 Å². The van der Waals surface area contributed by atoms with E-state index in [0.717, 1.165) is 0 Å². The van der Waals surface area contributed by atoms with E-state index in [-0.39, 0.29) is 22.9 Å². The van der Waals surface area contributed by atoms with Gasteiger partial charge in [-0.05, 0) is 34.1 Å². The first-order valence-electron chi connectivity index (χ1n) is 5.68. The second kappa shape index (κ2) is 5.32. The fourth-order valence-corrected chi connectivity index (χ4v) is 2.14. The maximum Gasteiger partial charge on any atom is 0.220 e. The zero-order valence-electron chi connectivity index (χ0n) is 11.2. The van der Waals surface area contributed by atoms with Crippen molar-refractivity contribution in [2.75, 3.05) is 0 Å². The van der Waals surface area contributed by atoms with Crippen molar-refractivity contribution in [2.45, 2.75) is 65.5 Å². The predicted octanol–water partition coefficient (Wildman–Crippen LogP) is 1.60. The van der Waals surface area contributed by atoms with Crippen molar-refractivity contribution < 1.29 is 9.59 Å². The molecule has 0 aromatic carbocycles. The average Bonchev–Trinajstić information content (AvgIpc) is 1.97. The molecule has 0 unspecified atom stereocenters. The van der Waals surface area contributed by atoms with Gasteiger partial charge >= 0.3 is 0 Å². The second-order valence-corrected chi connectivity index (χ2v) is 5.53. The standard InChI is InChI=1S/C12H24N2O2/c1-7-10(16)14-12(5,6)8-11(3,4)13-9(2)15/h7-8H2,1-6H3,(H,13,15)(H,14,16). The Morgan fingerprint density at radius 1 is 1.00 bits per heavy atom. The highest BCUT2D eigenvalue weighted by Gasteiger charge is 2.30. The molecule has 0 aliphatic rings. The van der Waals surface area contributed by atoms with Gasteiger partial charge in [0.05, 0.1) is 0 Å². The van der Waals surface area contributed by atoms with Crippen LogP contribution in [0.25, 0.3) is 0 Å². The molecule has 0 saturated carbocycles. The second-order valence-electron chi connectivity index (χ2n) is 5.53. The van der Waals surface area contributed by atoms with Crippen LogP contribution in [0.15, 0.2) is 0 Å². The molecule has 0 heterocycles. The van der Waals surface area contributed by atoms with Crippen molar-refractivity contribution in [3.05, 3.63) is 0 Å². The Morgan fingerprint density at radius 2 is 1.44 bits per heavy atom. The lowest BCUT2D eigenvalue weighted by molar-refractivity contribution is -0.122. The molecule has 2 N–H and O–H groups in total. The summed E-state index contributed by atoms with van der Waals surface area (Å²) in [5, 5.41) is 5.82. The molecule has 0 fully saturated rings. The highest BCUT2D eigenvalue weighted by molar-refractivity contribution is 5.76. The van der Waals surface area contributed by atoms with Crippen LogP contribution in [0, 0.1) is 0 Å². The summed E-state index contributed by atoms with van der Waals surface area (Å²) < 4.78 is 0. The Hall–Kier alpha value is -1.06. The summed E-state index contributed by atoms with van der Waals surface area (Å²) in [4.78, 5) is 22.4. The van der Waals surface area contributed by atoms with Crippen LogP contribution in [-0.4, -0.2) is 22.9 Å². The average molecular weight is 228 g/mol. The number of amides is 2. The topological polar surface area (TPSA) is 58.2 Å². The lowest BCUT2D eigenvalue weighted by atomic mass is 9.86. The van der Waals surface area contributed by atoms with E-state index in [2.05, 4.69) is 10.6 Å². The van der Waals surface area contributed by atoms with Crippen LogP contribution in [0.1, 0.15) is 54.4 Å². The molecule has 94 valence electrons. The summed E-state index contributed by atoms with van der Waals surface area (Å²) in [6.45, 7) is 11.2. The monoisotopic (exact) mass is 228 g/mol. The van der Waals surface area contributed by atoms with E-state index in [4.69, 9.17) is 0 Å². The van der Waals surface area contributed by atoms with Crippen LogP contribution in [0.4, 0.5) is 0 Å². The zero-order chi connectivity index (χ0) is 13.0. The predicted molar refractivity (Wildman–Crippen MR) is 65.0 cm³/mol. The molecule has 0 atom stereocenters. The van der Waals surface area contributed by atoms with Crippen molar-refractivity contribution in [1.29, 1.82) is 0 Å². The van der Waals surface area contributed by atoms with Crippen molar-refractivity contribution >= 4 is 11.8 Å².